The van der Waals surface area contributed by atoms with Crippen molar-refractivity contribution in [3.8, 4) is 5.75 Å². The predicted molar refractivity (Wildman–Crippen MR) is 121 cm³/mol. The highest BCUT2D eigenvalue weighted by molar-refractivity contribution is 6.37. The Bertz CT molecular complexity index is 1380. The highest BCUT2D eigenvalue weighted by Gasteiger charge is 2.74. The molecule has 3 aromatic carbocycles. The molecule has 2 fully saturated rings. The van der Waals surface area contributed by atoms with Gasteiger partial charge in [0.1, 0.15) is 11.6 Å². The monoisotopic (exact) mass is 471 g/mol. The van der Waals surface area contributed by atoms with Crippen LogP contribution in [0, 0.1) is 17.7 Å². The minimum absolute atomic E-state index is 0.152. The molecule has 174 valence electrons. The van der Waals surface area contributed by atoms with Crippen molar-refractivity contribution in [3.63, 3.8) is 0 Å². The summed E-state index contributed by atoms with van der Waals surface area (Å²) in [6.07, 6.45) is -1.09. The summed E-state index contributed by atoms with van der Waals surface area (Å²) in [5.74, 6) is -5.03. The van der Waals surface area contributed by atoms with E-state index in [1.807, 2.05) is 0 Å². The molecule has 2 aliphatic heterocycles. The average molecular weight is 471 g/mol. The number of anilines is 1. The van der Waals surface area contributed by atoms with Gasteiger partial charge in [-0.2, -0.15) is 0 Å². The van der Waals surface area contributed by atoms with Gasteiger partial charge >= 0.3 is 0 Å². The van der Waals surface area contributed by atoms with E-state index in [4.69, 9.17) is 9.47 Å². The lowest BCUT2D eigenvalue weighted by Gasteiger charge is -2.27. The minimum Gasteiger partial charge on any atom is -0.497 e. The van der Waals surface area contributed by atoms with Crippen LogP contribution in [-0.2, 0) is 14.3 Å². The molecular weight excluding hydrogens is 453 g/mol. The number of rotatable bonds is 3. The van der Waals surface area contributed by atoms with Gasteiger partial charge in [-0.3, -0.25) is 19.2 Å². The average Bonchev–Trinajstić information content (AvgIpc) is 3.44. The number of benzene rings is 3. The second-order valence-corrected chi connectivity index (χ2v) is 8.74. The molecule has 2 saturated heterocycles. The SMILES string of the molecule is COc1ccc(N2C(=O)[C@H]3[C@@H](c4ccc(F)cc4)OC4(C(=O)c5ccccc5C4=O)[C@@H]3C2=O)cc1. The summed E-state index contributed by atoms with van der Waals surface area (Å²) in [7, 11) is 1.49. The number of fused-ring (bicyclic) bond motifs is 3. The van der Waals surface area contributed by atoms with Gasteiger partial charge in [0.15, 0.2) is 0 Å². The Morgan fingerprint density at radius 2 is 1.43 bits per heavy atom. The fraction of sp³-hybridized carbons (Fsp3) is 0.185. The Morgan fingerprint density at radius 1 is 0.829 bits per heavy atom. The molecule has 35 heavy (non-hydrogen) atoms. The normalized spacial score (nSPS) is 24.3. The molecule has 3 atom stereocenters. The first-order chi connectivity index (χ1) is 16.9. The number of carbonyl (C=O) groups is 4. The van der Waals surface area contributed by atoms with Gasteiger partial charge in [-0.25, -0.2) is 9.29 Å². The second-order valence-electron chi connectivity index (χ2n) is 8.74. The number of hydrogen-bond acceptors (Lipinski definition) is 6. The van der Waals surface area contributed by atoms with Crippen molar-refractivity contribution < 1.29 is 33.0 Å². The lowest BCUT2D eigenvalue weighted by atomic mass is 9.77. The smallest absolute Gasteiger partial charge is 0.241 e. The topological polar surface area (TPSA) is 90.0 Å². The van der Waals surface area contributed by atoms with Gasteiger partial charge in [-0.15, -0.1) is 0 Å². The largest absolute Gasteiger partial charge is 0.497 e. The highest BCUT2D eigenvalue weighted by atomic mass is 19.1. The van der Waals surface area contributed by atoms with Crippen LogP contribution in [0.4, 0.5) is 10.1 Å². The molecule has 8 heteroatoms. The van der Waals surface area contributed by atoms with Crippen LogP contribution in [0.15, 0.2) is 72.8 Å². The van der Waals surface area contributed by atoms with E-state index in [1.54, 1.807) is 36.4 Å². The number of imide groups is 1. The maximum atomic E-state index is 13.8. The first-order valence-electron chi connectivity index (χ1n) is 11.0. The number of methoxy groups -OCH3 is 1. The highest BCUT2D eigenvalue weighted by Crippen LogP contribution is 2.57. The van der Waals surface area contributed by atoms with Crippen molar-refractivity contribution in [2.45, 2.75) is 11.7 Å². The number of hydrogen-bond donors (Lipinski definition) is 0. The van der Waals surface area contributed by atoms with Crippen LogP contribution in [0.3, 0.4) is 0 Å². The molecular formula is C27H18FNO6. The molecule has 0 saturated carbocycles. The summed E-state index contributed by atoms with van der Waals surface area (Å²) in [6, 6.07) is 17.9. The van der Waals surface area contributed by atoms with Crippen LogP contribution < -0.4 is 9.64 Å². The summed E-state index contributed by atoms with van der Waals surface area (Å²) in [6.45, 7) is 0. The van der Waals surface area contributed by atoms with Crippen LogP contribution >= 0.6 is 0 Å². The van der Waals surface area contributed by atoms with E-state index < -0.39 is 52.7 Å². The molecule has 2 amide bonds. The van der Waals surface area contributed by atoms with Crippen LogP contribution in [0.1, 0.15) is 32.4 Å². The van der Waals surface area contributed by atoms with Crippen molar-refractivity contribution in [3.05, 3.63) is 95.3 Å². The molecule has 6 rings (SSSR count). The van der Waals surface area contributed by atoms with E-state index in [0.717, 1.165) is 4.90 Å². The molecule has 2 heterocycles. The van der Waals surface area contributed by atoms with Crippen LogP contribution in [0.2, 0.25) is 0 Å². The summed E-state index contributed by atoms with van der Waals surface area (Å²) in [5.41, 5.74) is -1.18. The predicted octanol–water partition coefficient (Wildman–Crippen LogP) is 3.53. The van der Waals surface area contributed by atoms with E-state index in [1.165, 1.54) is 43.5 Å². The van der Waals surface area contributed by atoms with E-state index in [0.29, 0.717) is 17.0 Å². The maximum absolute atomic E-state index is 13.8. The molecule has 3 aromatic rings. The molecule has 3 aliphatic rings. The number of ketones is 2. The lowest BCUT2D eigenvalue weighted by molar-refractivity contribution is -0.127. The van der Waals surface area contributed by atoms with Crippen LogP contribution in [0.25, 0.3) is 0 Å². The standard InChI is InChI=1S/C27H18FNO6/c1-34-17-12-10-16(11-13-17)29-25(32)20-21(26(29)33)27(35-22(20)14-6-8-15(28)9-7-14)23(30)18-4-2-3-5-19(18)24(27)31/h2-13,20-22H,1H3/t20-,21+,22-/m1/s1. The maximum Gasteiger partial charge on any atom is 0.241 e. The summed E-state index contributed by atoms with van der Waals surface area (Å²) < 4.78 is 25.0. The third kappa shape index (κ3) is 2.74. The molecule has 0 unspecified atom stereocenters. The third-order valence-electron chi connectivity index (χ3n) is 7.05. The molecule has 0 aromatic heterocycles. The Balaban J connectivity index is 1.52. The van der Waals surface area contributed by atoms with E-state index in [2.05, 4.69) is 0 Å². The Kier molecular flexibility index (Phi) is 4.53. The second kappa shape index (κ2) is 7.41. The van der Waals surface area contributed by atoms with Gasteiger partial charge in [0.25, 0.3) is 0 Å². The summed E-state index contributed by atoms with van der Waals surface area (Å²) in [4.78, 5) is 55.9. The van der Waals surface area contributed by atoms with E-state index in [9.17, 15) is 23.6 Å². The van der Waals surface area contributed by atoms with Crippen molar-refractivity contribution in [1.29, 1.82) is 0 Å². The Labute approximate surface area is 199 Å². The minimum atomic E-state index is -2.17. The van der Waals surface area contributed by atoms with Crippen molar-refractivity contribution in [2.24, 2.45) is 11.8 Å². The molecule has 0 bridgehead atoms. The first kappa shape index (κ1) is 21.4. The van der Waals surface area contributed by atoms with E-state index >= 15 is 0 Å². The molecule has 0 N–H and O–H groups in total. The fourth-order valence-corrected chi connectivity index (χ4v) is 5.46. The van der Waals surface area contributed by atoms with Gasteiger partial charge < -0.3 is 9.47 Å². The molecule has 1 aliphatic carbocycles. The number of ether oxygens (including phenoxy) is 2. The van der Waals surface area contributed by atoms with E-state index in [-0.39, 0.29) is 11.1 Å². The van der Waals surface area contributed by atoms with Gasteiger partial charge in [-0.05, 0) is 42.0 Å². The Hall–Kier alpha value is -4.17. The number of halogens is 1. The summed E-state index contributed by atoms with van der Waals surface area (Å²) in [5, 5.41) is 0. The van der Waals surface area contributed by atoms with Crippen molar-refractivity contribution in [2.75, 3.05) is 12.0 Å². The van der Waals surface area contributed by atoms with Gasteiger partial charge in [0.05, 0.1) is 30.7 Å². The van der Waals surface area contributed by atoms with Gasteiger partial charge in [-0.1, -0.05) is 36.4 Å². The zero-order chi connectivity index (χ0) is 24.5. The molecule has 0 radical (unpaired) electrons. The fourth-order valence-electron chi connectivity index (χ4n) is 5.46. The van der Waals surface area contributed by atoms with Crippen LogP contribution in [0.5, 0.6) is 5.75 Å². The van der Waals surface area contributed by atoms with Gasteiger partial charge in [0, 0.05) is 11.1 Å². The number of amides is 2. The lowest BCUT2D eigenvalue weighted by Crippen LogP contribution is -2.51. The quantitative estimate of drug-likeness (QED) is 0.429. The third-order valence-corrected chi connectivity index (χ3v) is 7.05. The Morgan fingerprint density at radius 3 is 2.00 bits per heavy atom. The number of nitrogens with zero attached hydrogens (tertiary/aromatic N) is 1. The van der Waals surface area contributed by atoms with Crippen LogP contribution in [-0.4, -0.2) is 36.1 Å². The molecule has 1 spiro atoms. The summed E-state index contributed by atoms with van der Waals surface area (Å²) >= 11 is 0. The number of Topliss-reactive ketones (excluding diaryl/α,β-unsaturated/α-hetero) is 2. The number of carbonyl (C=O) groups excluding carboxylic acids is 4. The van der Waals surface area contributed by atoms with Gasteiger partial charge in [0.2, 0.25) is 29.0 Å². The van der Waals surface area contributed by atoms with Crippen molar-refractivity contribution in [1.82, 2.24) is 0 Å². The molecule has 7 nitrogen and oxygen atoms in total. The zero-order valence-electron chi connectivity index (χ0n) is 18.4. The van der Waals surface area contributed by atoms with Crippen molar-refractivity contribution >= 4 is 29.1 Å². The zero-order valence-corrected chi connectivity index (χ0v) is 18.4. The first-order valence-corrected chi connectivity index (χ1v) is 11.0.